The molecule has 0 saturated heterocycles. The Bertz CT molecular complexity index is 674. The highest BCUT2D eigenvalue weighted by Gasteiger charge is 2.20. The summed E-state index contributed by atoms with van der Waals surface area (Å²) in [4.78, 5) is 24.1. The molecule has 0 aromatic heterocycles. The Morgan fingerprint density at radius 3 is 1.08 bits per heavy atom. The van der Waals surface area contributed by atoms with Crippen molar-refractivity contribution < 1.29 is 19.1 Å². The van der Waals surface area contributed by atoms with E-state index in [9.17, 15) is 9.59 Å². The number of unbranched alkanes of at least 4 members (excludes halogenated alkanes) is 16. The van der Waals surface area contributed by atoms with Crippen LogP contribution in [-0.2, 0) is 0 Å². The van der Waals surface area contributed by atoms with E-state index in [-0.39, 0.29) is 22.6 Å². The molecular weight excluding hydrogens is 495 g/mol. The second kappa shape index (κ2) is 21.8. The standard InChI is InChI=1S/C30H48Cl2O4/c1-3-5-7-9-11-13-15-17-19-21-35-27-23-26(30(32)34)28(24-25(27)29(31)33)36-22-20-18-16-14-12-10-8-6-4-2/h23-24H,3-22H2,1-2H3. The van der Waals surface area contributed by atoms with Gasteiger partial charge in [0.1, 0.15) is 11.5 Å². The second-order valence-electron chi connectivity index (χ2n) is 9.75. The SMILES string of the molecule is CCCCCCCCCCCOc1cc(C(=O)Cl)c(OCCCCCCCCCCC)cc1C(=O)Cl. The number of halogens is 2. The number of hydrogen-bond acceptors (Lipinski definition) is 4. The fourth-order valence-electron chi connectivity index (χ4n) is 4.30. The third-order valence-electron chi connectivity index (χ3n) is 6.52. The van der Waals surface area contributed by atoms with Crippen molar-refractivity contribution in [2.24, 2.45) is 0 Å². The summed E-state index contributed by atoms with van der Waals surface area (Å²) in [6.07, 6.45) is 21.8. The average molecular weight is 544 g/mol. The van der Waals surface area contributed by atoms with E-state index >= 15 is 0 Å². The lowest BCUT2D eigenvalue weighted by molar-refractivity contribution is 0.106. The summed E-state index contributed by atoms with van der Waals surface area (Å²) in [5.41, 5.74) is 0.410. The van der Waals surface area contributed by atoms with E-state index in [0.29, 0.717) is 13.2 Å². The van der Waals surface area contributed by atoms with E-state index in [1.165, 1.54) is 102 Å². The van der Waals surface area contributed by atoms with Gasteiger partial charge in [0.05, 0.1) is 24.3 Å². The molecule has 0 unspecified atom stereocenters. The van der Waals surface area contributed by atoms with Crippen LogP contribution in [0.15, 0.2) is 12.1 Å². The van der Waals surface area contributed by atoms with Gasteiger partial charge in [0.25, 0.3) is 10.5 Å². The molecule has 36 heavy (non-hydrogen) atoms. The first kappa shape index (κ1) is 32.8. The van der Waals surface area contributed by atoms with Crippen LogP contribution in [0.2, 0.25) is 0 Å². The van der Waals surface area contributed by atoms with Crippen molar-refractivity contribution in [1.29, 1.82) is 0 Å². The lowest BCUT2D eigenvalue weighted by Gasteiger charge is -2.15. The highest BCUT2D eigenvalue weighted by Crippen LogP contribution is 2.32. The number of carbonyl (C=O) groups excluding carboxylic acids is 2. The van der Waals surface area contributed by atoms with Crippen molar-refractivity contribution in [3.8, 4) is 11.5 Å². The van der Waals surface area contributed by atoms with Crippen LogP contribution in [0.4, 0.5) is 0 Å². The molecule has 0 bridgehead atoms. The molecule has 1 aromatic rings. The van der Waals surface area contributed by atoms with Gasteiger partial charge in [-0.2, -0.15) is 0 Å². The number of hydrogen-bond donors (Lipinski definition) is 0. The summed E-state index contributed by atoms with van der Waals surface area (Å²) in [6, 6.07) is 2.98. The molecule has 206 valence electrons. The van der Waals surface area contributed by atoms with Crippen LogP contribution in [0.3, 0.4) is 0 Å². The Labute approximate surface area is 229 Å². The van der Waals surface area contributed by atoms with Gasteiger partial charge in [0.15, 0.2) is 0 Å². The van der Waals surface area contributed by atoms with Gasteiger partial charge in [-0.25, -0.2) is 0 Å². The summed E-state index contributed by atoms with van der Waals surface area (Å²) in [7, 11) is 0. The van der Waals surface area contributed by atoms with Crippen LogP contribution in [0.1, 0.15) is 150 Å². The summed E-state index contributed by atoms with van der Waals surface area (Å²) in [6.45, 7) is 5.38. The van der Waals surface area contributed by atoms with Gasteiger partial charge in [-0.1, -0.05) is 117 Å². The Morgan fingerprint density at radius 1 is 0.528 bits per heavy atom. The largest absolute Gasteiger partial charge is 0.493 e. The highest BCUT2D eigenvalue weighted by atomic mass is 35.5. The summed E-state index contributed by atoms with van der Waals surface area (Å²) in [5.74, 6) is 0.572. The summed E-state index contributed by atoms with van der Waals surface area (Å²) in [5, 5.41) is -1.28. The first-order valence-electron chi connectivity index (χ1n) is 14.3. The van der Waals surface area contributed by atoms with E-state index in [1.54, 1.807) is 0 Å². The van der Waals surface area contributed by atoms with Crippen LogP contribution in [-0.4, -0.2) is 23.7 Å². The second-order valence-corrected chi connectivity index (χ2v) is 10.4. The molecule has 0 spiro atoms. The smallest absolute Gasteiger partial charge is 0.256 e. The van der Waals surface area contributed by atoms with Crippen molar-refractivity contribution in [3.63, 3.8) is 0 Å². The Hall–Kier alpha value is -1.26. The van der Waals surface area contributed by atoms with Crippen molar-refractivity contribution in [3.05, 3.63) is 23.3 Å². The maximum Gasteiger partial charge on any atom is 0.256 e. The van der Waals surface area contributed by atoms with E-state index < -0.39 is 10.5 Å². The molecule has 6 heteroatoms. The quantitative estimate of drug-likeness (QED) is 0.0961. The van der Waals surface area contributed by atoms with E-state index in [2.05, 4.69) is 13.8 Å². The predicted octanol–water partition coefficient (Wildman–Crippen LogP) is 10.3. The summed E-state index contributed by atoms with van der Waals surface area (Å²) < 4.78 is 11.7. The minimum Gasteiger partial charge on any atom is -0.493 e. The predicted molar refractivity (Wildman–Crippen MR) is 152 cm³/mol. The molecule has 0 amide bonds. The molecule has 1 aromatic carbocycles. The van der Waals surface area contributed by atoms with Gasteiger partial charge in [-0.15, -0.1) is 0 Å². The van der Waals surface area contributed by atoms with Crippen LogP contribution in [0, 0.1) is 0 Å². The lowest BCUT2D eigenvalue weighted by Crippen LogP contribution is -2.07. The maximum absolute atomic E-state index is 12.0. The van der Waals surface area contributed by atoms with Crippen molar-refractivity contribution in [2.75, 3.05) is 13.2 Å². The van der Waals surface area contributed by atoms with Gasteiger partial charge in [0.2, 0.25) is 0 Å². The Balaban J connectivity index is 2.46. The zero-order chi connectivity index (χ0) is 26.4. The van der Waals surface area contributed by atoms with Crippen molar-refractivity contribution in [1.82, 2.24) is 0 Å². The molecule has 0 saturated carbocycles. The molecule has 4 nitrogen and oxygen atoms in total. The summed E-state index contributed by atoms with van der Waals surface area (Å²) >= 11 is 11.6. The molecule has 0 N–H and O–H groups in total. The van der Waals surface area contributed by atoms with Gasteiger partial charge >= 0.3 is 0 Å². The van der Waals surface area contributed by atoms with E-state index in [1.807, 2.05) is 0 Å². The van der Waals surface area contributed by atoms with Crippen LogP contribution in [0.25, 0.3) is 0 Å². The van der Waals surface area contributed by atoms with Gasteiger partial charge in [0, 0.05) is 0 Å². The molecule has 0 fully saturated rings. The number of benzene rings is 1. The molecule has 1 rings (SSSR count). The monoisotopic (exact) mass is 542 g/mol. The fourth-order valence-corrected chi connectivity index (χ4v) is 4.59. The van der Waals surface area contributed by atoms with Gasteiger partial charge in [-0.05, 0) is 48.2 Å². The molecule has 0 atom stereocenters. The topological polar surface area (TPSA) is 52.6 Å². The zero-order valence-corrected chi connectivity index (χ0v) is 24.2. The Morgan fingerprint density at radius 2 is 0.806 bits per heavy atom. The molecular formula is C30H48Cl2O4. The normalized spacial score (nSPS) is 11.0. The molecule has 0 aliphatic rings. The van der Waals surface area contributed by atoms with Crippen LogP contribution >= 0.6 is 23.2 Å². The zero-order valence-electron chi connectivity index (χ0n) is 22.7. The lowest BCUT2D eigenvalue weighted by atomic mass is 10.1. The van der Waals surface area contributed by atoms with Crippen LogP contribution < -0.4 is 9.47 Å². The number of rotatable bonds is 24. The molecule has 0 aliphatic heterocycles. The number of ether oxygens (including phenoxy) is 2. The molecule has 0 aliphatic carbocycles. The Kier molecular flexibility index (Phi) is 19.8. The van der Waals surface area contributed by atoms with Crippen LogP contribution in [0.5, 0.6) is 11.5 Å². The van der Waals surface area contributed by atoms with Crippen molar-refractivity contribution in [2.45, 2.75) is 129 Å². The molecule has 0 heterocycles. The third-order valence-corrected chi connectivity index (χ3v) is 6.92. The van der Waals surface area contributed by atoms with E-state index in [0.717, 1.165) is 25.7 Å². The average Bonchev–Trinajstić information content (AvgIpc) is 2.86. The fraction of sp³-hybridized carbons (Fsp3) is 0.733. The maximum atomic E-state index is 12.0. The highest BCUT2D eigenvalue weighted by molar-refractivity contribution is 6.69. The van der Waals surface area contributed by atoms with Gasteiger partial charge < -0.3 is 9.47 Å². The minimum absolute atomic E-state index is 0.205. The van der Waals surface area contributed by atoms with Gasteiger partial charge in [-0.3, -0.25) is 9.59 Å². The molecule has 0 radical (unpaired) electrons. The van der Waals surface area contributed by atoms with E-state index in [4.69, 9.17) is 32.7 Å². The minimum atomic E-state index is -0.640. The third kappa shape index (κ3) is 15.1. The first-order chi connectivity index (χ1) is 17.5. The first-order valence-corrected chi connectivity index (χ1v) is 15.1. The number of carbonyl (C=O) groups is 2. The van der Waals surface area contributed by atoms with Crippen molar-refractivity contribution >= 4 is 33.7 Å².